The molecule has 0 aromatic heterocycles. The third kappa shape index (κ3) is 7.45. The van der Waals surface area contributed by atoms with Gasteiger partial charge in [0.2, 0.25) is 0 Å². The molecule has 0 unspecified atom stereocenters. The van der Waals surface area contributed by atoms with Crippen molar-refractivity contribution in [2.45, 2.75) is 63.2 Å². The second-order valence-corrected chi connectivity index (χ2v) is 9.96. The molecule has 5 nitrogen and oxygen atoms in total. The first-order valence-corrected chi connectivity index (χ1v) is 10.5. The molecule has 27 heavy (non-hydrogen) atoms. The number of piperidine rings is 1. The van der Waals surface area contributed by atoms with E-state index in [9.17, 15) is 9.59 Å². The number of nitrogens with zero attached hydrogens (tertiary/aromatic N) is 1. The molecule has 0 saturated carbocycles. The highest BCUT2D eigenvalue weighted by Gasteiger charge is 2.24. The fraction of sp³-hybridized carbons (Fsp3) is 0.619. The number of amides is 2. The highest BCUT2D eigenvalue weighted by atomic mass is 32.2. The van der Waals surface area contributed by atoms with E-state index in [0.717, 1.165) is 31.5 Å². The summed E-state index contributed by atoms with van der Waals surface area (Å²) >= 11 is 1.80. The van der Waals surface area contributed by atoms with E-state index in [1.807, 2.05) is 49.9 Å². The summed E-state index contributed by atoms with van der Waals surface area (Å²) in [4.78, 5) is 27.5. The van der Waals surface area contributed by atoms with Gasteiger partial charge >= 0.3 is 6.09 Å². The van der Waals surface area contributed by atoms with Crippen LogP contribution in [-0.2, 0) is 4.74 Å². The van der Waals surface area contributed by atoms with E-state index >= 15 is 0 Å². The molecule has 150 valence electrons. The maximum Gasteiger partial charge on any atom is 0.407 e. The molecule has 1 fully saturated rings. The van der Waals surface area contributed by atoms with E-state index in [4.69, 9.17) is 4.74 Å². The number of likely N-dealkylation sites (tertiary alicyclic amines) is 1. The van der Waals surface area contributed by atoms with E-state index in [0.29, 0.717) is 17.7 Å². The lowest BCUT2D eigenvalue weighted by atomic mass is 9.96. The van der Waals surface area contributed by atoms with E-state index in [1.165, 1.54) is 4.90 Å². The zero-order valence-electron chi connectivity index (χ0n) is 17.1. The highest BCUT2D eigenvalue weighted by molar-refractivity contribution is 7.99. The number of nitrogens with one attached hydrogen (secondary N) is 1. The molecule has 6 heteroatoms. The summed E-state index contributed by atoms with van der Waals surface area (Å²) in [6, 6.07) is 7.89. The van der Waals surface area contributed by atoms with Gasteiger partial charge in [0.1, 0.15) is 5.60 Å². The Bertz CT molecular complexity index is 630. The number of alkyl carbamates (subject to hydrolysis) is 1. The fourth-order valence-corrected chi connectivity index (χ4v) is 3.85. The average molecular weight is 393 g/mol. The van der Waals surface area contributed by atoms with Crippen molar-refractivity contribution in [2.75, 3.05) is 19.6 Å². The largest absolute Gasteiger partial charge is 0.444 e. The van der Waals surface area contributed by atoms with Crippen molar-refractivity contribution in [1.29, 1.82) is 0 Å². The number of carbonyl (C=O) groups excluding carboxylic acids is 2. The van der Waals surface area contributed by atoms with Crippen LogP contribution in [0.3, 0.4) is 0 Å². The van der Waals surface area contributed by atoms with Crippen molar-refractivity contribution in [1.82, 2.24) is 10.2 Å². The van der Waals surface area contributed by atoms with Crippen molar-refractivity contribution in [3.63, 3.8) is 0 Å². The predicted molar refractivity (Wildman–Crippen MR) is 110 cm³/mol. The lowest BCUT2D eigenvalue weighted by Gasteiger charge is -2.32. The van der Waals surface area contributed by atoms with Crippen LogP contribution in [0, 0.1) is 5.92 Å². The topological polar surface area (TPSA) is 58.6 Å². The van der Waals surface area contributed by atoms with Gasteiger partial charge in [-0.15, -0.1) is 11.8 Å². The number of carbonyl (C=O) groups is 2. The summed E-state index contributed by atoms with van der Waals surface area (Å²) in [6.45, 7) is 11.9. The van der Waals surface area contributed by atoms with Gasteiger partial charge in [0, 0.05) is 35.3 Å². The number of hydrogen-bond donors (Lipinski definition) is 1. The Morgan fingerprint density at radius 1 is 1.19 bits per heavy atom. The van der Waals surface area contributed by atoms with Gasteiger partial charge in [0.15, 0.2) is 0 Å². The summed E-state index contributed by atoms with van der Waals surface area (Å²) in [6.07, 6.45) is 1.41. The Kier molecular flexibility index (Phi) is 7.59. The summed E-state index contributed by atoms with van der Waals surface area (Å²) in [7, 11) is 0. The quantitative estimate of drug-likeness (QED) is 0.746. The Morgan fingerprint density at radius 2 is 1.78 bits per heavy atom. The van der Waals surface area contributed by atoms with Gasteiger partial charge in [0.25, 0.3) is 5.91 Å². The Labute approximate surface area is 167 Å². The SMILES string of the molecule is CC(C)Sc1ccc(C(=O)N2CCC(CNC(=O)OC(C)(C)C)CC2)cc1. The van der Waals surface area contributed by atoms with E-state index in [1.54, 1.807) is 11.8 Å². The Morgan fingerprint density at radius 3 is 2.30 bits per heavy atom. The normalized spacial score (nSPS) is 15.7. The molecule has 2 amide bonds. The van der Waals surface area contributed by atoms with E-state index in [-0.39, 0.29) is 12.0 Å². The van der Waals surface area contributed by atoms with Crippen molar-refractivity contribution in [3.05, 3.63) is 29.8 Å². The molecule has 0 aliphatic carbocycles. The van der Waals surface area contributed by atoms with Crippen LogP contribution in [0.2, 0.25) is 0 Å². The number of hydrogen-bond acceptors (Lipinski definition) is 4. The Hall–Kier alpha value is -1.69. The van der Waals surface area contributed by atoms with Crippen molar-refractivity contribution < 1.29 is 14.3 Å². The molecule has 1 saturated heterocycles. The molecule has 1 aliphatic heterocycles. The molecule has 1 aliphatic rings. The van der Waals surface area contributed by atoms with Crippen LogP contribution in [0.25, 0.3) is 0 Å². The molecular formula is C21H32N2O3S. The maximum atomic E-state index is 12.7. The summed E-state index contributed by atoms with van der Waals surface area (Å²) in [5, 5.41) is 3.37. The first-order chi connectivity index (χ1) is 12.6. The van der Waals surface area contributed by atoms with Gasteiger partial charge in [-0.1, -0.05) is 13.8 Å². The van der Waals surface area contributed by atoms with Gasteiger partial charge in [0.05, 0.1) is 0 Å². The molecule has 1 aromatic rings. The fourth-order valence-electron chi connectivity index (χ4n) is 3.01. The molecule has 0 spiro atoms. The molecule has 0 radical (unpaired) electrons. The van der Waals surface area contributed by atoms with Crippen molar-refractivity contribution >= 4 is 23.8 Å². The van der Waals surface area contributed by atoms with E-state index < -0.39 is 5.60 Å². The lowest BCUT2D eigenvalue weighted by molar-refractivity contribution is 0.0500. The average Bonchev–Trinajstić information content (AvgIpc) is 2.58. The van der Waals surface area contributed by atoms with Crippen LogP contribution in [-0.4, -0.2) is 47.4 Å². The molecule has 0 atom stereocenters. The second kappa shape index (κ2) is 9.49. The second-order valence-electron chi connectivity index (χ2n) is 8.31. The minimum absolute atomic E-state index is 0.0923. The molecule has 1 heterocycles. The smallest absolute Gasteiger partial charge is 0.407 e. The van der Waals surface area contributed by atoms with Crippen LogP contribution < -0.4 is 5.32 Å². The molecule has 2 rings (SSSR count). The van der Waals surface area contributed by atoms with Gasteiger partial charge in [-0.05, 0) is 63.8 Å². The van der Waals surface area contributed by atoms with Crippen molar-refractivity contribution in [3.8, 4) is 0 Å². The molecule has 1 aromatic carbocycles. The highest BCUT2D eigenvalue weighted by Crippen LogP contribution is 2.24. The van der Waals surface area contributed by atoms with Gasteiger partial charge in [-0.3, -0.25) is 4.79 Å². The maximum absolute atomic E-state index is 12.7. The monoisotopic (exact) mass is 392 g/mol. The molecule has 0 bridgehead atoms. The number of rotatable bonds is 5. The minimum atomic E-state index is -0.483. The summed E-state index contributed by atoms with van der Waals surface area (Å²) in [5.74, 6) is 0.473. The zero-order chi connectivity index (χ0) is 20.0. The number of thioether (sulfide) groups is 1. The van der Waals surface area contributed by atoms with Crippen LogP contribution in [0.4, 0.5) is 4.79 Å². The Balaban J connectivity index is 1.78. The number of benzene rings is 1. The predicted octanol–water partition coefficient (Wildman–Crippen LogP) is 4.56. The lowest BCUT2D eigenvalue weighted by Crippen LogP contribution is -2.42. The third-order valence-electron chi connectivity index (χ3n) is 4.31. The van der Waals surface area contributed by atoms with Crippen molar-refractivity contribution in [2.24, 2.45) is 5.92 Å². The summed E-state index contributed by atoms with van der Waals surface area (Å²) < 4.78 is 5.26. The minimum Gasteiger partial charge on any atom is -0.444 e. The molecule has 1 N–H and O–H groups in total. The molecular weight excluding hydrogens is 360 g/mol. The third-order valence-corrected chi connectivity index (χ3v) is 5.32. The van der Waals surface area contributed by atoms with Gasteiger partial charge < -0.3 is 15.0 Å². The van der Waals surface area contributed by atoms with Gasteiger partial charge in [-0.25, -0.2) is 4.79 Å². The standard InChI is InChI=1S/C21H32N2O3S/c1-15(2)27-18-8-6-17(7-9-18)19(24)23-12-10-16(11-13-23)14-22-20(25)26-21(3,4)5/h6-9,15-16H,10-14H2,1-5H3,(H,22,25). The summed E-state index contributed by atoms with van der Waals surface area (Å²) in [5.41, 5.74) is 0.261. The van der Waals surface area contributed by atoms with Crippen LogP contribution in [0.5, 0.6) is 0 Å². The van der Waals surface area contributed by atoms with Crippen LogP contribution >= 0.6 is 11.8 Å². The van der Waals surface area contributed by atoms with Crippen LogP contribution in [0.15, 0.2) is 29.2 Å². The van der Waals surface area contributed by atoms with Gasteiger partial charge in [-0.2, -0.15) is 0 Å². The first-order valence-electron chi connectivity index (χ1n) is 9.67. The zero-order valence-corrected chi connectivity index (χ0v) is 17.9. The first kappa shape index (κ1) is 21.6. The number of ether oxygens (including phenoxy) is 1. The van der Waals surface area contributed by atoms with Crippen LogP contribution in [0.1, 0.15) is 57.8 Å². The van der Waals surface area contributed by atoms with E-state index in [2.05, 4.69) is 19.2 Å².